The lowest BCUT2D eigenvalue weighted by molar-refractivity contribution is -0.138. The molecule has 0 aliphatic heterocycles. The molecule has 1 N–H and O–H groups in total. The third-order valence-electron chi connectivity index (χ3n) is 3.50. The third-order valence-corrected chi connectivity index (χ3v) is 3.50. The fourth-order valence-electron chi connectivity index (χ4n) is 2.43. The molecule has 0 aliphatic rings. The molecule has 1 atom stereocenters. The van der Waals surface area contributed by atoms with Gasteiger partial charge < -0.3 is 9.84 Å². The van der Waals surface area contributed by atoms with Crippen molar-refractivity contribution in [2.24, 2.45) is 0 Å². The highest BCUT2D eigenvalue weighted by Crippen LogP contribution is 2.26. The molecule has 0 radical (unpaired) electrons. The van der Waals surface area contributed by atoms with E-state index < -0.39 is 12.1 Å². The molecule has 7 nitrogen and oxygen atoms in total. The number of methoxy groups -OCH3 is 1. The molecule has 2 heterocycles. The van der Waals surface area contributed by atoms with Crippen molar-refractivity contribution >= 4 is 5.97 Å². The largest absolute Gasteiger partial charge is 0.480 e. The van der Waals surface area contributed by atoms with E-state index in [0.717, 1.165) is 11.1 Å². The van der Waals surface area contributed by atoms with Crippen molar-refractivity contribution in [2.75, 3.05) is 7.11 Å². The lowest BCUT2D eigenvalue weighted by Crippen LogP contribution is -2.17. The quantitative estimate of drug-likeness (QED) is 0.747. The molecule has 3 rings (SSSR count). The van der Waals surface area contributed by atoms with Crippen LogP contribution in [0, 0.1) is 0 Å². The number of rotatable bonds is 6. The zero-order chi connectivity index (χ0) is 16.9. The van der Waals surface area contributed by atoms with Gasteiger partial charge in [0.15, 0.2) is 11.6 Å². The zero-order valence-corrected chi connectivity index (χ0v) is 13.0. The summed E-state index contributed by atoms with van der Waals surface area (Å²) in [6.45, 7) is -0.292. The Morgan fingerprint density at radius 2 is 1.92 bits per heavy atom. The van der Waals surface area contributed by atoms with E-state index in [1.807, 2.05) is 30.3 Å². The predicted octanol–water partition coefficient (Wildman–Crippen LogP) is 2.16. The monoisotopic (exact) mass is 324 g/mol. The molecule has 0 amide bonds. The first-order valence-corrected chi connectivity index (χ1v) is 7.33. The maximum absolute atomic E-state index is 11.2. The second-order valence-electron chi connectivity index (χ2n) is 5.11. The van der Waals surface area contributed by atoms with Gasteiger partial charge >= 0.3 is 5.97 Å². The second-order valence-corrected chi connectivity index (χ2v) is 5.11. The number of nitrogens with zero attached hydrogens (tertiary/aromatic N) is 4. The summed E-state index contributed by atoms with van der Waals surface area (Å²) < 4.78 is 6.93. The van der Waals surface area contributed by atoms with Crippen LogP contribution in [0.4, 0.5) is 0 Å². The first-order chi connectivity index (χ1) is 11.7. The highest BCUT2D eigenvalue weighted by molar-refractivity contribution is 5.66. The van der Waals surface area contributed by atoms with Crippen LogP contribution in [0.2, 0.25) is 0 Å². The molecule has 24 heavy (non-hydrogen) atoms. The van der Waals surface area contributed by atoms with Crippen LogP contribution in [-0.4, -0.2) is 37.9 Å². The van der Waals surface area contributed by atoms with Crippen LogP contribution in [0.3, 0.4) is 0 Å². The van der Waals surface area contributed by atoms with Gasteiger partial charge in [0.2, 0.25) is 0 Å². The summed E-state index contributed by atoms with van der Waals surface area (Å²) in [6, 6.07) is 13.0. The molecule has 0 bridgehead atoms. The normalized spacial score (nSPS) is 12.0. The Hall–Kier alpha value is -3.06. The van der Waals surface area contributed by atoms with Gasteiger partial charge in [0, 0.05) is 25.1 Å². The van der Waals surface area contributed by atoms with Crippen LogP contribution in [0.5, 0.6) is 0 Å². The van der Waals surface area contributed by atoms with E-state index in [9.17, 15) is 4.79 Å². The molecule has 0 saturated heterocycles. The van der Waals surface area contributed by atoms with E-state index in [1.165, 1.54) is 4.68 Å². The van der Waals surface area contributed by atoms with Crippen molar-refractivity contribution in [3.8, 4) is 11.4 Å². The summed E-state index contributed by atoms with van der Waals surface area (Å²) in [4.78, 5) is 19.7. The minimum absolute atomic E-state index is 0.292. The van der Waals surface area contributed by atoms with Crippen molar-refractivity contribution < 1.29 is 14.6 Å². The third kappa shape index (κ3) is 3.31. The van der Waals surface area contributed by atoms with Crippen molar-refractivity contribution in [3.05, 3.63) is 66.2 Å². The molecule has 2 aromatic heterocycles. The van der Waals surface area contributed by atoms with Gasteiger partial charge in [-0.3, -0.25) is 9.78 Å². The van der Waals surface area contributed by atoms with Gasteiger partial charge in [-0.2, -0.15) is 5.10 Å². The number of aromatic nitrogens is 4. The van der Waals surface area contributed by atoms with Gasteiger partial charge in [-0.05, 0) is 17.7 Å². The lowest BCUT2D eigenvalue weighted by Gasteiger charge is -2.15. The number of carboxylic acid groups (broad SMARTS) is 1. The van der Waals surface area contributed by atoms with Crippen molar-refractivity contribution in [1.29, 1.82) is 0 Å². The molecule has 0 fully saturated rings. The minimum atomic E-state index is -0.995. The van der Waals surface area contributed by atoms with Gasteiger partial charge in [-0.25, -0.2) is 9.67 Å². The first-order valence-electron chi connectivity index (χ1n) is 7.33. The Morgan fingerprint density at radius 1 is 1.21 bits per heavy atom. The van der Waals surface area contributed by atoms with Crippen molar-refractivity contribution in [3.63, 3.8) is 0 Å². The smallest absolute Gasteiger partial charge is 0.325 e. The summed E-state index contributed by atoms with van der Waals surface area (Å²) >= 11 is 0. The Bertz CT molecular complexity index is 818. The van der Waals surface area contributed by atoms with E-state index in [0.29, 0.717) is 11.6 Å². The van der Waals surface area contributed by atoms with Crippen LogP contribution in [-0.2, 0) is 16.1 Å². The van der Waals surface area contributed by atoms with E-state index >= 15 is 0 Å². The molecule has 3 aromatic rings. The molecule has 1 aromatic carbocycles. The summed E-state index contributed by atoms with van der Waals surface area (Å²) in [7, 11) is 1.56. The van der Waals surface area contributed by atoms with E-state index in [-0.39, 0.29) is 6.54 Å². The van der Waals surface area contributed by atoms with Gasteiger partial charge in [0.05, 0.1) is 0 Å². The Balaban J connectivity index is 2.07. The van der Waals surface area contributed by atoms with Crippen LogP contribution in [0.15, 0.2) is 54.9 Å². The first kappa shape index (κ1) is 15.8. The van der Waals surface area contributed by atoms with Crippen LogP contribution >= 0.6 is 0 Å². The number of pyridine rings is 1. The summed E-state index contributed by atoms with van der Waals surface area (Å²) in [6.07, 6.45) is 2.77. The SMILES string of the molecule is CO[C@@H](c1ccccc1)c1nc(-c2ccncc2)nn1CC(=O)O. The average Bonchev–Trinajstić information content (AvgIpc) is 3.00. The number of benzene rings is 1. The number of carbonyl (C=O) groups is 1. The summed E-state index contributed by atoms with van der Waals surface area (Å²) in [5, 5.41) is 13.5. The average molecular weight is 324 g/mol. The molecule has 7 heteroatoms. The summed E-state index contributed by atoms with van der Waals surface area (Å²) in [5.41, 5.74) is 1.64. The summed E-state index contributed by atoms with van der Waals surface area (Å²) in [5.74, 6) is -0.116. The van der Waals surface area contributed by atoms with E-state index in [4.69, 9.17) is 9.84 Å². The fraction of sp³-hybridized carbons (Fsp3) is 0.176. The van der Waals surface area contributed by atoms with Gasteiger partial charge in [-0.1, -0.05) is 30.3 Å². The minimum Gasteiger partial charge on any atom is -0.480 e. The van der Waals surface area contributed by atoms with Crippen LogP contribution < -0.4 is 0 Å². The molecular weight excluding hydrogens is 308 g/mol. The highest BCUT2D eigenvalue weighted by Gasteiger charge is 2.23. The molecule has 0 unspecified atom stereocenters. The lowest BCUT2D eigenvalue weighted by atomic mass is 10.1. The van der Waals surface area contributed by atoms with E-state index in [2.05, 4.69) is 15.1 Å². The standard InChI is InChI=1S/C17H16N4O3/c1-24-15(12-5-3-2-4-6-12)17-19-16(13-7-9-18-10-8-13)20-21(17)11-14(22)23/h2-10,15H,11H2,1H3,(H,22,23)/t15-/m0/s1. The predicted molar refractivity (Wildman–Crippen MR) is 86.2 cm³/mol. The second kappa shape index (κ2) is 7.01. The molecule has 122 valence electrons. The molecule has 0 aliphatic carbocycles. The Labute approximate surface area is 138 Å². The van der Waals surface area contributed by atoms with E-state index in [1.54, 1.807) is 31.6 Å². The maximum atomic E-state index is 11.2. The number of hydrogen-bond donors (Lipinski definition) is 1. The van der Waals surface area contributed by atoms with Gasteiger partial charge in [0.25, 0.3) is 0 Å². The molecular formula is C17H16N4O3. The van der Waals surface area contributed by atoms with Crippen LogP contribution in [0.1, 0.15) is 17.5 Å². The van der Waals surface area contributed by atoms with Crippen molar-refractivity contribution in [1.82, 2.24) is 19.7 Å². The zero-order valence-electron chi connectivity index (χ0n) is 13.0. The number of ether oxygens (including phenoxy) is 1. The number of aliphatic carboxylic acids is 1. The van der Waals surface area contributed by atoms with Gasteiger partial charge in [0.1, 0.15) is 12.6 Å². The molecule has 0 saturated carbocycles. The topological polar surface area (TPSA) is 90.1 Å². The van der Waals surface area contributed by atoms with Crippen LogP contribution in [0.25, 0.3) is 11.4 Å². The molecule has 0 spiro atoms. The maximum Gasteiger partial charge on any atom is 0.325 e. The fourth-order valence-corrected chi connectivity index (χ4v) is 2.43. The number of carboxylic acids is 1. The van der Waals surface area contributed by atoms with Gasteiger partial charge in [-0.15, -0.1) is 0 Å². The van der Waals surface area contributed by atoms with Crippen molar-refractivity contribution in [2.45, 2.75) is 12.6 Å². The number of hydrogen-bond acceptors (Lipinski definition) is 5. The highest BCUT2D eigenvalue weighted by atomic mass is 16.5. The Kier molecular flexibility index (Phi) is 4.62. The Morgan fingerprint density at radius 3 is 2.54 bits per heavy atom.